The third-order valence-electron chi connectivity index (χ3n) is 3.13. The number of aliphatic hydroxyl groups is 1. The van der Waals surface area contributed by atoms with Gasteiger partial charge in [-0.05, 0) is 24.6 Å². The van der Waals surface area contributed by atoms with Gasteiger partial charge in [-0.2, -0.15) is 0 Å². The summed E-state index contributed by atoms with van der Waals surface area (Å²) in [6, 6.07) is 4.50. The number of carboxylic acid groups (broad SMARTS) is 1. The molecule has 0 saturated carbocycles. The number of nitrogens with one attached hydrogen (secondary N) is 1. The molecule has 132 valence electrons. The van der Waals surface area contributed by atoms with Crippen LogP contribution in [0.1, 0.15) is 27.2 Å². The standard InChI is InChI=1S/C9H12N2O2.C7H5NO4/c1-6-9(13)8(4-10-2)7(5-12)3-11-6;9-7(10)5-1-3-6(4-2-5)8(11)12/h3-4,12-13H,5H2,1-2H3;1-4H,(H,9,10). The second-order valence-electron chi connectivity index (χ2n) is 4.81. The van der Waals surface area contributed by atoms with Crippen molar-refractivity contribution in [3.8, 4) is 5.75 Å². The van der Waals surface area contributed by atoms with E-state index in [1.807, 2.05) is 0 Å². The summed E-state index contributed by atoms with van der Waals surface area (Å²) >= 11 is 0. The van der Waals surface area contributed by atoms with E-state index < -0.39 is 10.9 Å². The Morgan fingerprint density at radius 3 is 2.40 bits per heavy atom. The molecule has 2 rings (SSSR count). The van der Waals surface area contributed by atoms with Crippen LogP contribution >= 0.6 is 0 Å². The number of aliphatic hydroxyl groups excluding tert-OH is 1. The minimum atomic E-state index is -1.34. The van der Waals surface area contributed by atoms with Gasteiger partial charge < -0.3 is 20.1 Å². The maximum absolute atomic E-state index is 10.2. The van der Waals surface area contributed by atoms with Gasteiger partial charge in [0.2, 0.25) is 0 Å². The normalized spacial score (nSPS) is 10.2. The first kappa shape index (κ1) is 19.7. The first-order chi connectivity index (χ1) is 11.8. The molecule has 1 aromatic heterocycles. The number of benzene rings is 1. The topological polar surface area (TPSA) is 151 Å². The highest BCUT2D eigenvalue weighted by atomic mass is 16.6. The molecule has 0 aliphatic carbocycles. The molecule has 0 aliphatic rings. The van der Waals surface area contributed by atoms with Crippen LogP contribution in [-0.2, 0) is 6.61 Å². The number of aromatic carboxylic acids is 1. The molecule has 1 aromatic carbocycles. The van der Waals surface area contributed by atoms with Gasteiger partial charge in [0.15, 0.2) is 6.21 Å². The van der Waals surface area contributed by atoms with Crippen molar-refractivity contribution in [1.29, 1.82) is 0 Å². The molecular formula is C16H17N3O6. The maximum atomic E-state index is 10.2. The first-order valence-electron chi connectivity index (χ1n) is 7.06. The van der Waals surface area contributed by atoms with Crippen LogP contribution in [0.25, 0.3) is 0 Å². The van der Waals surface area contributed by atoms with Gasteiger partial charge in [-0.3, -0.25) is 20.1 Å². The lowest BCUT2D eigenvalue weighted by Gasteiger charge is -2.04. The van der Waals surface area contributed by atoms with Crippen LogP contribution in [0.4, 0.5) is 5.69 Å². The zero-order valence-corrected chi connectivity index (χ0v) is 13.6. The number of hydrogen-bond donors (Lipinski definition) is 3. The minimum absolute atomic E-state index is 0.0689. The summed E-state index contributed by atoms with van der Waals surface area (Å²) in [6.45, 7) is 1.58. The molecule has 0 saturated heterocycles. The number of rotatable bonds is 4. The van der Waals surface area contributed by atoms with Crippen molar-refractivity contribution in [2.24, 2.45) is 0 Å². The third-order valence-corrected chi connectivity index (χ3v) is 3.13. The van der Waals surface area contributed by atoms with Crippen molar-refractivity contribution in [2.75, 3.05) is 7.05 Å². The second kappa shape index (κ2) is 9.08. The van der Waals surface area contributed by atoms with E-state index in [0.717, 1.165) is 24.3 Å². The summed E-state index contributed by atoms with van der Waals surface area (Å²) < 4.78 is 0. The van der Waals surface area contributed by atoms with Crippen molar-refractivity contribution in [3.63, 3.8) is 0 Å². The molecule has 1 heterocycles. The summed E-state index contributed by atoms with van der Waals surface area (Å²) in [5.74, 6) is -1.23. The molecule has 0 unspecified atom stereocenters. The Morgan fingerprint density at radius 2 is 1.96 bits per heavy atom. The van der Waals surface area contributed by atoms with Crippen LogP contribution in [0, 0.1) is 17.0 Å². The number of aryl methyl sites for hydroxylation is 1. The molecule has 0 fully saturated rings. The zero-order chi connectivity index (χ0) is 19.0. The van der Waals surface area contributed by atoms with E-state index in [9.17, 15) is 25.1 Å². The molecule has 0 amide bonds. The van der Waals surface area contributed by atoms with E-state index in [0.29, 0.717) is 16.8 Å². The highest BCUT2D eigenvalue weighted by Gasteiger charge is 2.10. The lowest BCUT2D eigenvalue weighted by molar-refractivity contribution is -0.413. The molecule has 2 aromatic rings. The molecule has 9 heteroatoms. The van der Waals surface area contributed by atoms with E-state index in [1.165, 1.54) is 0 Å². The molecular weight excluding hydrogens is 330 g/mol. The largest absolute Gasteiger partial charge is 0.545 e. The second-order valence-corrected chi connectivity index (χ2v) is 4.81. The van der Waals surface area contributed by atoms with Gasteiger partial charge in [-0.15, -0.1) is 0 Å². The number of carbonyl (C=O) groups is 1. The van der Waals surface area contributed by atoms with Gasteiger partial charge in [0.05, 0.1) is 28.8 Å². The fourth-order valence-electron chi connectivity index (χ4n) is 1.80. The Kier molecular flexibility index (Phi) is 7.16. The smallest absolute Gasteiger partial charge is 0.269 e. The Hall–Kier alpha value is -3.33. The SMILES string of the molecule is C[NH+]=Cc1c(CO)cnc(C)c1O.O=C([O-])c1ccc([N+](=O)[O-])cc1. The fourth-order valence-corrected chi connectivity index (χ4v) is 1.80. The van der Waals surface area contributed by atoms with E-state index in [2.05, 4.69) is 9.98 Å². The summed E-state index contributed by atoms with van der Waals surface area (Å²) in [5, 5.41) is 38.9. The predicted molar refractivity (Wildman–Crippen MR) is 86.0 cm³/mol. The van der Waals surface area contributed by atoms with Gasteiger partial charge in [0, 0.05) is 23.9 Å². The number of nitro groups is 1. The molecule has 25 heavy (non-hydrogen) atoms. The highest BCUT2D eigenvalue weighted by molar-refractivity contribution is 5.86. The number of hydrogen-bond acceptors (Lipinski definition) is 7. The van der Waals surface area contributed by atoms with Crippen LogP contribution < -0.4 is 10.1 Å². The zero-order valence-electron chi connectivity index (χ0n) is 13.6. The van der Waals surface area contributed by atoms with Gasteiger partial charge in [0.25, 0.3) is 5.69 Å². The van der Waals surface area contributed by atoms with E-state index in [-0.39, 0.29) is 23.6 Å². The van der Waals surface area contributed by atoms with Gasteiger partial charge in [0.1, 0.15) is 12.8 Å². The highest BCUT2D eigenvalue weighted by Crippen LogP contribution is 2.20. The number of carboxylic acids is 1. The quantitative estimate of drug-likeness (QED) is 0.352. The van der Waals surface area contributed by atoms with Gasteiger partial charge in [-0.1, -0.05) is 0 Å². The molecule has 9 nitrogen and oxygen atoms in total. The fraction of sp³-hybridized carbons (Fsp3) is 0.188. The van der Waals surface area contributed by atoms with Crippen molar-refractivity contribution < 1.29 is 30.0 Å². The average molecular weight is 347 g/mol. The molecule has 3 N–H and O–H groups in total. The summed E-state index contributed by atoms with van der Waals surface area (Å²) in [4.78, 5) is 26.5. The minimum Gasteiger partial charge on any atom is -0.545 e. The molecule has 0 spiro atoms. The van der Waals surface area contributed by atoms with Crippen LogP contribution in [0.5, 0.6) is 5.75 Å². The summed E-state index contributed by atoms with van der Waals surface area (Å²) in [7, 11) is 1.73. The number of pyridine rings is 1. The van der Waals surface area contributed by atoms with Crippen LogP contribution in [-0.4, -0.2) is 39.4 Å². The van der Waals surface area contributed by atoms with Crippen molar-refractivity contribution in [1.82, 2.24) is 4.98 Å². The van der Waals surface area contributed by atoms with Crippen LogP contribution in [0.2, 0.25) is 0 Å². The molecule has 0 radical (unpaired) electrons. The number of aromatic hydroxyl groups is 1. The monoisotopic (exact) mass is 347 g/mol. The lowest BCUT2D eigenvalue weighted by Crippen LogP contribution is -2.63. The van der Waals surface area contributed by atoms with Crippen LogP contribution in [0.15, 0.2) is 30.5 Å². The van der Waals surface area contributed by atoms with Crippen LogP contribution in [0.3, 0.4) is 0 Å². The predicted octanol–water partition coefficient (Wildman–Crippen LogP) is -1.32. The molecule has 0 bridgehead atoms. The number of carbonyl (C=O) groups excluding carboxylic acids is 1. The van der Waals surface area contributed by atoms with Crippen molar-refractivity contribution in [3.05, 3.63) is 63.0 Å². The Morgan fingerprint density at radius 1 is 1.36 bits per heavy atom. The van der Waals surface area contributed by atoms with Gasteiger partial charge in [-0.25, -0.2) is 0 Å². The van der Waals surface area contributed by atoms with E-state index >= 15 is 0 Å². The Balaban J connectivity index is 0.000000251. The Bertz CT molecular complexity index is 754. The average Bonchev–Trinajstić information content (AvgIpc) is 2.60. The Labute approximate surface area is 143 Å². The number of non-ortho nitro benzene ring substituents is 1. The van der Waals surface area contributed by atoms with E-state index in [1.54, 1.807) is 26.4 Å². The summed E-state index contributed by atoms with van der Waals surface area (Å²) in [6.07, 6.45) is 3.19. The number of aromatic nitrogens is 1. The third kappa shape index (κ3) is 5.36. The van der Waals surface area contributed by atoms with Crippen molar-refractivity contribution in [2.45, 2.75) is 13.5 Å². The number of nitro benzene ring substituents is 1. The number of nitrogens with zero attached hydrogens (tertiary/aromatic N) is 2. The van der Waals surface area contributed by atoms with Gasteiger partial charge >= 0.3 is 0 Å². The molecule has 0 atom stereocenters. The maximum Gasteiger partial charge on any atom is 0.269 e. The van der Waals surface area contributed by atoms with Crippen molar-refractivity contribution >= 4 is 17.9 Å². The van der Waals surface area contributed by atoms with E-state index in [4.69, 9.17) is 5.11 Å². The molecule has 0 aliphatic heterocycles. The summed E-state index contributed by atoms with van der Waals surface area (Å²) in [5.41, 5.74) is 1.55. The lowest BCUT2D eigenvalue weighted by atomic mass is 10.1. The first-order valence-corrected chi connectivity index (χ1v) is 7.06.